The lowest BCUT2D eigenvalue weighted by molar-refractivity contribution is -0.241. The van der Waals surface area contributed by atoms with Gasteiger partial charge in [0.1, 0.15) is 11.5 Å². The zero-order valence-corrected chi connectivity index (χ0v) is 18.0. The minimum atomic E-state index is -0.545. The zero-order chi connectivity index (χ0) is 20.5. The highest BCUT2D eigenvalue weighted by molar-refractivity contribution is 5.90. The van der Waals surface area contributed by atoms with Crippen molar-refractivity contribution in [2.75, 3.05) is 20.8 Å². The fraction of sp³-hybridized carbons (Fsp3) is 0.696. The van der Waals surface area contributed by atoms with E-state index < -0.39 is 5.97 Å². The molecule has 0 aliphatic rings. The highest BCUT2D eigenvalue weighted by Crippen LogP contribution is 2.23. The van der Waals surface area contributed by atoms with Crippen molar-refractivity contribution in [1.82, 2.24) is 0 Å². The third kappa shape index (κ3) is 11.2. The summed E-state index contributed by atoms with van der Waals surface area (Å²) in [7, 11) is 3.07. The maximum Gasteiger partial charge on any atom is 0.373 e. The molecule has 0 amide bonds. The lowest BCUT2D eigenvalue weighted by atomic mass is 10.1. The second-order valence-corrected chi connectivity index (χ2v) is 7.18. The maximum atomic E-state index is 12.0. The molecule has 1 aromatic carbocycles. The van der Waals surface area contributed by atoms with Crippen molar-refractivity contribution in [3.8, 4) is 11.5 Å². The Balaban J connectivity index is 2.01. The van der Waals surface area contributed by atoms with E-state index >= 15 is 0 Å². The molecule has 0 N–H and O–H groups in total. The van der Waals surface area contributed by atoms with Crippen molar-refractivity contribution in [3.63, 3.8) is 0 Å². The summed E-state index contributed by atoms with van der Waals surface area (Å²) in [5.41, 5.74) is 0.339. The van der Waals surface area contributed by atoms with Crippen molar-refractivity contribution in [2.45, 2.75) is 84.0 Å². The van der Waals surface area contributed by atoms with E-state index in [2.05, 4.69) is 6.92 Å². The van der Waals surface area contributed by atoms with Gasteiger partial charge in [0, 0.05) is 6.07 Å². The van der Waals surface area contributed by atoms with Crippen LogP contribution in [-0.2, 0) is 9.78 Å². The Morgan fingerprint density at radius 1 is 0.714 bits per heavy atom. The van der Waals surface area contributed by atoms with E-state index in [0.717, 1.165) is 12.8 Å². The smallest absolute Gasteiger partial charge is 0.373 e. The van der Waals surface area contributed by atoms with E-state index in [4.69, 9.17) is 19.2 Å². The van der Waals surface area contributed by atoms with Crippen LogP contribution in [0.5, 0.6) is 11.5 Å². The third-order valence-electron chi connectivity index (χ3n) is 4.80. The predicted octanol–water partition coefficient (Wildman–Crippen LogP) is 6.49. The summed E-state index contributed by atoms with van der Waals surface area (Å²) in [5.74, 6) is 0.524. The van der Waals surface area contributed by atoms with Crippen LogP contribution in [0.15, 0.2) is 18.2 Å². The number of benzene rings is 1. The number of methoxy groups -OCH3 is 2. The summed E-state index contributed by atoms with van der Waals surface area (Å²) in [6.07, 6.45) is 15.4. The molecule has 0 bridgehead atoms. The average Bonchev–Trinajstić information content (AvgIpc) is 2.73. The van der Waals surface area contributed by atoms with Crippen molar-refractivity contribution in [3.05, 3.63) is 23.8 Å². The number of ether oxygens (including phenoxy) is 2. The molecule has 0 unspecified atom stereocenters. The van der Waals surface area contributed by atoms with E-state index in [1.54, 1.807) is 18.2 Å². The molecule has 0 saturated heterocycles. The average molecular weight is 395 g/mol. The molecule has 0 radical (unpaired) electrons. The van der Waals surface area contributed by atoms with Crippen molar-refractivity contribution in [2.24, 2.45) is 0 Å². The van der Waals surface area contributed by atoms with Gasteiger partial charge in [-0.25, -0.2) is 4.79 Å². The Bertz CT molecular complexity index is 507. The molecule has 1 rings (SSSR count). The number of carbonyl (C=O) groups is 1. The van der Waals surface area contributed by atoms with Crippen LogP contribution in [0.1, 0.15) is 94.3 Å². The van der Waals surface area contributed by atoms with E-state index in [1.807, 2.05) is 0 Å². The van der Waals surface area contributed by atoms with Gasteiger partial charge >= 0.3 is 5.97 Å². The SMILES string of the molecule is CCCCCCCCCCCCCCOOC(=O)c1cc(OC)cc(OC)c1. The summed E-state index contributed by atoms with van der Waals surface area (Å²) < 4.78 is 10.3. The van der Waals surface area contributed by atoms with Crippen molar-refractivity contribution >= 4 is 5.97 Å². The van der Waals surface area contributed by atoms with Gasteiger partial charge in [0.25, 0.3) is 0 Å². The Kier molecular flexibility index (Phi) is 14.1. The summed E-state index contributed by atoms with van der Waals surface area (Å²) in [6, 6.07) is 4.89. The van der Waals surface area contributed by atoms with Gasteiger partial charge in [0.2, 0.25) is 0 Å². The lowest BCUT2D eigenvalue weighted by Crippen LogP contribution is -2.07. The van der Waals surface area contributed by atoms with Gasteiger partial charge in [0.15, 0.2) is 0 Å². The van der Waals surface area contributed by atoms with E-state index in [0.29, 0.717) is 23.7 Å². The Labute approximate surface area is 170 Å². The highest BCUT2D eigenvalue weighted by Gasteiger charge is 2.12. The monoisotopic (exact) mass is 394 g/mol. The predicted molar refractivity (Wildman–Crippen MR) is 112 cm³/mol. The molecule has 5 nitrogen and oxygen atoms in total. The fourth-order valence-electron chi connectivity index (χ4n) is 3.07. The molecule has 0 heterocycles. The van der Waals surface area contributed by atoms with E-state index in [-0.39, 0.29) is 0 Å². The number of hydrogen-bond donors (Lipinski definition) is 0. The molecule has 0 aliphatic carbocycles. The number of rotatable bonds is 17. The molecule has 0 aliphatic heterocycles. The molecule has 28 heavy (non-hydrogen) atoms. The molecule has 0 fully saturated rings. The summed E-state index contributed by atoms with van der Waals surface area (Å²) in [4.78, 5) is 22.0. The standard InChI is InChI=1S/C23H38O5/c1-4-5-6-7-8-9-10-11-12-13-14-15-16-27-28-23(24)20-17-21(25-2)19-22(18-20)26-3/h17-19H,4-16H2,1-3H3. The van der Waals surface area contributed by atoms with Gasteiger partial charge in [0.05, 0.1) is 26.4 Å². The summed E-state index contributed by atoms with van der Waals surface area (Å²) >= 11 is 0. The number of unbranched alkanes of at least 4 members (excludes halogenated alkanes) is 11. The van der Waals surface area contributed by atoms with Gasteiger partial charge in [-0.2, -0.15) is 4.89 Å². The van der Waals surface area contributed by atoms with Crippen LogP contribution < -0.4 is 9.47 Å². The zero-order valence-electron chi connectivity index (χ0n) is 18.0. The minimum absolute atomic E-state index is 0.339. The Morgan fingerprint density at radius 3 is 1.64 bits per heavy atom. The van der Waals surface area contributed by atoms with E-state index in [1.165, 1.54) is 78.4 Å². The van der Waals surface area contributed by atoms with Gasteiger partial charge in [-0.15, -0.1) is 0 Å². The topological polar surface area (TPSA) is 54.0 Å². The molecule has 0 saturated carbocycles. The van der Waals surface area contributed by atoms with Crippen LogP contribution in [0, 0.1) is 0 Å². The molecular formula is C23H38O5. The van der Waals surface area contributed by atoms with Crippen LogP contribution in [-0.4, -0.2) is 26.8 Å². The van der Waals surface area contributed by atoms with Crippen LogP contribution in [0.25, 0.3) is 0 Å². The molecule has 160 valence electrons. The molecular weight excluding hydrogens is 356 g/mol. The van der Waals surface area contributed by atoms with Gasteiger partial charge in [-0.05, 0) is 18.6 Å². The van der Waals surface area contributed by atoms with E-state index in [9.17, 15) is 4.79 Å². The third-order valence-corrected chi connectivity index (χ3v) is 4.80. The molecule has 5 heteroatoms. The summed E-state index contributed by atoms with van der Waals surface area (Å²) in [5, 5.41) is 0. The minimum Gasteiger partial charge on any atom is -0.497 e. The Hall–Kier alpha value is -1.75. The normalized spacial score (nSPS) is 10.7. The largest absolute Gasteiger partial charge is 0.497 e. The van der Waals surface area contributed by atoms with Crippen LogP contribution >= 0.6 is 0 Å². The quantitative estimate of drug-likeness (QED) is 0.172. The number of carbonyl (C=O) groups excluding carboxylic acids is 1. The first kappa shape index (κ1) is 24.3. The Morgan fingerprint density at radius 2 is 1.18 bits per heavy atom. The van der Waals surface area contributed by atoms with Crippen LogP contribution in [0.3, 0.4) is 0 Å². The fourth-order valence-corrected chi connectivity index (χ4v) is 3.07. The summed E-state index contributed by atoms with van der Waals surface area (Å²) in [6.45, 7) is 2.68. The van der Waals surface area contributed by atoms with Crippen LogP contribution in [0.2, 0.25) is 0 Å². The first-order valence-electron chi connectivity index (χ1n) is 10.8. The second-order valence-electron chi connectivity index (χ2n) is 7.18. The van der Waals surface area contributed by atoms with Gasteiger partial charge in [-0.3, -0.25) is 4.89 Å². The van der Waals surface area contributed by atoms with Gasteiger partial charge in [-0.1, -0.05) is 77.6 Å². The number of hydrogen-bond acceptors (Lipinski definition) is 5. The van der Waals surface area contributed by atoms with Crippen molar-refractivity contribution in [1.29, 1.82) is 0 Å². The maximum absolute atomic E-state index is 12.0. The van der Waals surface area contributed by atoms with Crippen LogP contribution in [0.4, 0.5) is 0 Å². The first-order valence-corrected chi connectivity index (χ1v) is 10.8. The molecule has 0 spiro atoms. The molecule has 0 aromatic heterocycles. The van der Waals surface area contributed by atoms with Gasteiger partial charge < -0.3 is 9.47 Å². The highest BCUT2D eigenvalue weighted by atomic mass is 17.2. The lowest BCUT2D eigenvalue weighted by Gasteiger charge is -2.08. The van der Waals surface area contributed by atoms with Crippen molar-refractivity contribution < 1.29 is 24.0 Å². The molecule has 0 atom stereocenters. The second kappa shape index (κ2) is 16.2. The molecule has 1 aromatic rings. The first-order chi connectivity index (χ1) is 13.7.